The summed E-state index contributed by atoms with van der Waals surface area (Å²) in [6.45, 7) is 1.97. The van der Waals surface area contributed by atoms with Crippen LogP contribution in [0.1, 0.15) is 17.3 Å². The Balaban J connectivity index is 2.23. The smallest absolute Gasteiger partial charge is 0.266 e. The monoisotopic (exact) mass is 411 g/mol. The summed E-state index contributed by atoms with van der Waals surface area (Å²) in [5.41, 5.74) is 2.43. The van der Waals surface area contributed by atoms with Crippen LogP contribution in [0.15, 0.2) is 47.0 Å². The van der Waals surface area contributed by atoms with Crippen LogP contribution in [0.4, 0.5) is 5.69 Å². The van der Waals surface area contributed by atoms with Gasteiger partial charge in [0.25, 0.3) is 5.91 Å². The van der Waals surface area contributed by atoms with E-state index in [-0.39, 0.29) is 10.6 Å². The van der Waals surface area contributed by atoms with Gasteiger partial charge in [-0.25, -0.2) is 0 Å². The number of hydrogen-bond acceptors (Lipinski definition) is 7. The summed E-state index contributed by atoms with van der Waals surface area (Å²) in [5.74, 6) is 0.856. The van der Waals surface area contributed by atoms with E-state index in [2.05, 4.69) is 17.9 Å². The topological polar surface area (TPSA) is 83.8 Å². The lowest BCUT2D eigenvalue weighted by Gasteiger charge is -2.38. The Morgan fingerprint density at radius 2 is 1.76 bits per heavy atom. The van der Waals surface area contributed by atoms with E-state index in [1.165, 1.54) is 21.3 Å². The number of nitrogens with zero attached hydrogens (tertiary/aromatic N) is 2. The first-order chi connectivity index (χ1) is 13.9. The molecule has 1 N–H and O–H groups in total. The van der Waals surface area contributed by atoms with E-state index >= 15 is 0 Å². The number of methoxy groups -OCH3 is 3. The Kier molecular flexibility index (Phi) is 5.89. The molecule has 0 aliphatic carbocycles. The lowest BCUT2D eigenvalue weighted by atomic mass is 10.0. The van der Waals surface area contributed by atoms with Crippen LogP contribution in [0, 0.1) is 18.3 Å². The quantitative estimate of drug-likeness (QED) is 0.735. The maximum Gasteiger partial charge on any atom is 0.266 e. The molecule has 0 saturated carbocycles. The fourth-order valence-corrected chi connectivity index (χ4v) is 3.63. The predicted molar refractivity (Wildman–Crippen MR) is 112 cm³/mol. The molecule has 0 spiro atoms. The molecule has 1 aliphatic heterocycles. The zero-order valence-corrected chi connectivity index (χ0v) is 17.4. The second kappa shape index (κ2) is 8.37. The van der Waals surface area contributed by atoms with Gasteiger partial charge in [0.2, 0.25) is 5.75 Å². The standard InChI is InChI=1S/C21H21N3O4S/c1-12-6-5-7-14(8-12)24-19(23-20(25)15(11-22)21(24)29)13-9-16(26-2)18(28-4)17(10-13)27-3/h5-10,19,29H,1-4H3,(H,23,25). The molecule has 2 aromatic carbocycles. The summed E-state index contributed by atoms with van der Waals surface area (Å²) < 4.78 is 16.3. The number of benzene rings is 2. The number of aryl methyl sites for hydroxylation is 1. The highest BCUT2D eigenvalue weighted by atomic mass is 32.1. The Morgan fingerprint density at radius 3 is 2.28 bits per heavy atom. The van der Waals surface area contributed by atoms with Gasteiger partial charge in [-0.3, -0.25) is 4.79 Å². The van der Waals surface area contributed by atoms with Crippen LogP contribution in [0.2, 0.25) is 0 Å². The largest absolute Gasteiger partial charge is 0.493 e. The van der Waals surface area contributed by atoms with E-state index in [0.717, 1.165) is 11.3 Å². The van der Waals surface area contributed by atoms with Crippen molar-refractivity contribution in [2.75, 3.05) is 26.2 Å². The predicted octanol–water partition coefficient (Wildman–Crippen LogP) is 3.32. The highest BCUT2D eigenvalue weighted by Gasteiger charge is 2.35. The SMILES string of the molecule is COc1cc(C2NC(=O)C(C#N)=C(S)N2c2cccc(C)c2)cc(OC)c1OC. The molecule has 0 aromatic heterocycles. The molecule has 0 saturated heterocycles. The molecule has 1 atom stereocenters. The van der Waals surface area contributed by atoms with Crippen molar-refractivity contribution in [1.29, 1.82) is 5.26 Å². The zero-order valence-electron chi connectivity index (χ0n) is 16.5. The lowest BCUT2D eigenvalue weighted by Crippen LogP contribution is -2.46. The summed E-state index contributed by atoms with van der Waals surface area (Å²) >= 11 is 4.52. The highest BCUT2D eigenvalue weighted by molar-refractivity contribution is 7.84. The zero-order chi connectivity index (χ0) is 21.1. The number of hydrogen-bond donors (Lipinski definition) is 2. The Morgan fingerprint density at radius 1 is 1.10 bits per heavy atom. The van der Waals surface area contributed by atoms with E-state index in [0.29, 0.717) is 22.8 Å². The maximum absolute atomic E-state index is 12.5. The molecular formula is C21H21N3O4S. The molecule has 3 rings (SSSR count). The van der Waals surface area contributed by atoms with Crippen molar-refractivity contribution in [3.63, 3.8) is 0 Å². The van der Waals surface area contributed by atoms with Crippen LogP contribution >= 0.6 is 12.6 Å². The van der Waals surface area contributed by atoms with Crippen LogP contribution in [0.3, 0.4) is 0 Å². The van der Waals surface area contributed by atoms with E-state index in [1.807, 2.05) is 37.3 Å². The number of thiol groups is 1. The number of ether oxygens (including phenoxy) is 3. The Labute approximate surface area is 174 Å². The molecule has 0 radical (unpaired) electrons. The van der Waals surface area contributed by atoms with Crippen molar-refractivity contribution in [3.8, 4) is 23.3 Å². The molecule has 1 aliphatic rings. The number of carbonyl (C=O) groups excluding carboxylic acids is 1. The van der Waals surface area contributed by atoms with Crippen LogP contribution in [0.25, 0.3) is 0 Å². The van der Waals surface area contributed by atoms with Crippen LogP contribution < -0.4 is 24.4 Å². The fourth-order valence-electron chi connectivity index (χ4n) is 3.25. The molecule has 1 unspecified atom stereocenters. The van der Waals surface area contributed by atoms with Gasteiger partial charge >= 0.3 is 0 Å². The number of amides is 1. The summed E-state index contributed by atoms with van der Waals surface area (Å²) in [4.78, 5) is 14.3. The summed E-state index contributed by atoms with van der Waals surface area (Å²) in [7, 11) is 4.57. The molecule has 1 heterocycles. The van der Waals surface area contributed by atoms with Crippen LogP contribution in [-0.2, 0) is 4.79 Å². The molecule has 29 heavy (non-hydrogen) atoms. The van der Waals surface area contributed by atoms with Gasteiger partial charge in [0, 0.05) is 11.3 Å². The molecule has 8 heteroatoms. The minimum Gasteiger partial charge on any atom is -0.493 e. The van der Waals surface area contributed by atoms with E-state index in [1.54, 1.807) is 17.0 Å². The summed E-state index contributed by atoms with van der Waals surface area (Å²) in [6.07, 6.45) is -0.636. The first kappa shape index (κ1) is 20.4. The number of carbonyl (C=O) groups is 1. The second-order valence-electron chi connectivity index (χ2n) is 6.35. The third-order valence-electron chi connectivity index (χ3n) is 4.60. The van der Waals surface area contributed by atoms with Gasteiger partial charge in [-0.1, -0.05) is 12.1 Å². The van der Waals surface area contributed by atoms with Gasteiger partial charge in [0.15, 0.2) is 11.5 Å². The third-order valence-corrected chi connectivity index (χ3v) is 5.04. The first-order valence-electron chi connectivity index (χ1n) is 8.75. The number of nitriles is 1. The maximum atomic E-state index is 12.5. The average Bonchev–Trinajstić information content (AvgIpc) is 2.72. The second-order valence-corrected chi connectivity index (χ2v) is 6.78. The molecule has 0 bridgehead atoms. The molecule has 2 aromatic rings. The lowest BCUT2D eigenvalue weighted by molar-refractivity contribution is -0.118. The molecule has 150 valence electrons. The van der Waals surface area contributed by atoms with Gasteiger partial charge in [-0.2, -0.15) is 5.26 Å². The number of nitrogens with one attached hydrogen (secondary N) is 1. The van der Waals surface area contributed by atoms with Crippen molar-refractivity contribution in [2.24, 2.45) is 0 Å². The van der Waals surface area contributed by atoms with Gasteiger partial charge in [-0.05, 0) is 36.8 Å². The molecule has 0 fully saturated rings. The van der Waals surface area contributed by atoms with E-state index in [9.17, 15) is 10.1 Å². The third kappa shape index (κ3) is 3.69. The van der Waals surface area contributed by atoms with Crippen molar-refractivity contribution < 1.29 is 19.0 Å². The summed E-state index contributed by atoms with van der Waals surface area (Å²) in [5, 5.41) is 12.6. The molecular weight excluding hydrogens is 390 g/mol. The van der Waals surface area contributed by atoms with Crippen LogP contribution in [-0.4, -0.2) is 27.2 Å². The van der Waals surface area contributed by atoms with Crippen molar-refractivity contribution in [2.45, 2.75) is 13.1 Å². The average molecular weight is 411 g/mol. The Bertz CT molecular complexity index is 1000. The van der Waals surface area contributed by atoms with E-state index < -0.39 is 12.1 Å². The minimum absolute atomic E-state index is 0.0569. The van der Waals surface area contributed by atoms with Gasteiger partial charge in [0.1, 0.15) is 17.8 Å². The van der Waals surface area contributed by atoms with E-state index in [4.69, 9.17) is 14.2 Å². The van der Waals surface area contributed by atoms with Gasteiger partial charge < -0.3 is 24.4 Å². The van der Waals surface area contributed by atoms with Crippen molar-refractivity contribution >= 4 is 24.2 Å². The highest BCUT2D eigenvalue weighted by Crippen LogP contribution is 2.43. The first-order valence-corrected chi connectivity index (χ1v) is 9.19. The minimum atomic E-state index is -0.636. The normalized spacial score (nSPS) is 16.2. The number of rotatable bonds is 5. The Hall–Kier alpha value is -3.31. The van der Waals surface area contributed by atoms with Gasteiger partial charge in [-0.15, -0.1) is 12.6 Å². The molecule has 7 nitrogen and oxygen atoms in total. The number of anilines is 1. The molecule has 1 amide bonds. The van der Waals surface area contributed by atoms with Crippen molar-refractivity contribution in [1.82, 2.24) is 5.32 Å². The van der Waals surface area contributed by atoms with Gasteiger partial charge in [0.05, 0.1) is 26.4 Å². The fraction of sp³-hybridized carbons (Fsp3) is 0.238. The van der Waals surface area contributed by atoms with Crippen molar-refractivity contribution in [3.05, 3.63) is 58.1 Å². The summed E-state index contributed by atoms with van der Waals surface area (Å²) in [6, 6.07) is 13.2. The van der Waals surface area contributed by atoms with Crippen LogP contribution in [0.5, 0.6) is 17.2 Å².